The van der Waals surface area contributed by atoms with Crippen LogP contribution in [0, 0.1) is 6.20 Å². The number of nitrogens with zero attached hydrogens (tertiary/aromatic N) is 2. The van der Waals surface area contributed by atoms with Crippen molar-refractivity contribution in [2.24, 2.45) is 0 Å². The molecule has 2 heterocycles. The molecule has 0 aromatic carbocycles. The number of hydrogen-bond acceptors (Lipinski definition) is 2. The van der Waals surface area contributed by atoms with Crippen LogP contribution in [0.4, 0.5) is 13.2 Å². The molecule has 0 aliphatic carbocycles. The molecular weight excluding hydrogens is 183 g/mol. The molecular formula is C7H3F3N3. The van der Waals surface area contributed by atoms with Crippen LogP contribution in [0.1, 0.15) is 5.82 Å². The lowest BCUT2D eigenvalue weighted by molar-refractivity contribution is -0.144. The summed E-state index contributed by atoms with van der Waals surface area (Å²) in [6.07, 6.45) is -0.753. The molecule has 0 aliphatic heterocycles. The van der Waals surface area contributed by atoms with Crippen molar-refractivity contribution in [3.05, 3.63) is 24.3 Å². The lowest BCUT2D eigenvalue weighted by Crippen LogP contribution is -2.06. The maximum Gasteiger partial charge on any atom is 0.449 e. The summed E-state index contributed by atoms with van der Waals surface area (Å²) in [6.45, 7) is 0. The molecule has 0 amide bonds. The average Bonchev–Trinajstić information content (AvgIpc) is 2.45. The van der Waals surface area contributed by atoms with Crippen LogP contribution in [0.25, 0.3) is 11.0 Å². The van der Waals surface area contributed by atoms with E-state index in [0.717, 1.165) is 0 Å². The van der Waals surface area contributed by atoms with E-state index >= 15 is 0 Å². The second-order valence-corrected chi connectivity index (χ2v) is 2.40. The number of nitrogens with one attached hydrogen (secondary N) is 1. The first-order valence-electron chi connectivity index (χ1n) is 3.37. The third-order valence-corrected chi connectivity index (χ3v) is 1.49. The molecule has 0 unspecified atom stereocenters. The van der Waals surface area contributed by atoms with Gasteiger partial charge in [0.25, 0.3) is 0 Å². The number of alkyl halides is 3. The number of pyridine rings is 1. The number of H-pyrrole nitrogens is 1. The van der Waals surface area contributed by atoms with E-state index < -0.39 is 12.0 Å². The second kappa shape index (κ2) is 2.45. The van der Waals surface area contributed by atoms with Crippen molar-refractivity contribution in [3.8, 4) is 0 Å². The Kier molecular flexibility index (Phi) is 1.51. The number of halogens is 3. The molecule has 0 saturated carbocycles. The van der Waals surface area contributed by atoms with Gasteiger partial charge in [-0.3, -0.25) is 4.98 Å². The molecule has 6 heteroatoms. The van der Waals surface area contributed by atoms with E-state index in [1.54, 1.807) is 0 Å². The van der Waals surface area contributed by atoms with E-state index in [1.165, 1.54) is 12.3 Å². The minimum atomic E-state index is -4.45. The quantitative estimate of drug-likeness (QED) is 0.681. The second-order valence-electron chi connectivity index (χ2n) is 2.40. The van der Waals surface area contributed by atoms with Crippen LogP contribution >= 0.6 is 0 Å². The van der Waals surface area contributed by atoms with Gasteiger partial charge in [-0.05, 0) is 6.07 Å². The van der Waals surface area contributed by atoms with Crippen molar-refractivity contribution in [1.82, 2.24) is 15.0 Å². The van der Waals surface area contributed by atoms with E-state index in [2.05, 4.69) is 21.1 Å². The van der Waals surface area contributed by atoms with Gasteiger partial charge >= 0.3 is 6.18 Å². The van der Waals surface area contributed by atoms with E-state index in [1.807, 2.05) is 0 Å². The Labute approximate surface area is 70.6 Å². The molecule has 67 valence electrons. The topological polar surface area (TPSA) is 41.6 Å². The smallest absolute Gasteiger partial charge is 0.334 e. The van der Waals surface area contributed by atoms with Gasteiger partial charge in [0.1, 0.15) is 11.7 Å². The first-order valence-corrected chi connectivity index (χ1v) is 3.37. The molecule has 1 radical (unpaired) electrons. The molecule has 2 aromatic heterocycles. The van der Waals surface area contributed by atoms with Crippen LogP contribution in [0.15, 0.2) is 12.3 Å². The van der Waals surface area contributed by atoms with Gasteiger partial charge < -0.3 is 4.98 Å². The lowest BCUT2D eigenvalue weighted by Gasteiger charge is -1.98. The Morgan fingerprint density at radius 1 is 1.38 bits per heavy atom. The number of fused-ring (bicyclic) bond motifs is 1. The summed E-state index contributed by atoms with van der Waals surface area (Å²) in [6, 6.07) is 1.41. The maximum atomic E-state index is 12.1. The molecule has 3 nitrogen and oxygen atoms in total. The Hall–Kier alpha value is -1.59. The molecule has 2 aromatic rings. The highest BCUT2D eigenvalue weighted by atomic mass is 19.4. The Bertz CT molecular complexity index is 399. The van der Waals surface area contributed by atoms with Crippen molar-refractivity contribution in [2.45, 2.75) is 6.18 Å². The Morgan fingerprint density at radius 2 is 2.15 bits per heavy atom. The minimum absolute atomic E-state index is 0.0924. The number of imidazole rings is 1. The zero-order valence-corrected chi connectivity index (χ0v) is 6.18. The fourth-order valence-electron chi connectivity index (χ4n) is 0.937. The molecule has 1 N–H and O–H groups in total. The third-order valence-electron chi connectivity index (χ3n) is 1.49. The molecule has 0 atom stereocenters. The summed E-state index contributed by atoms with van der Waals surface area (Å²) >= 11 is 0. The van der Waals surface area contributed by atoms with E-state index in [-0.39, 0.29) is 11.0 Å². The van der Waals surface area contributed by atoms with Gasteiger partial charge in [0.2, 0.25) is 5.82 Å². The predicted molar refractivity (Wildman–Crippen MR) is 37.7 cm³/mol. The van der Waals surface area contributed by atoms with Gasteiger partial charge in [-0.25, -0.2) is 4.98 Å². The molecule has 0 aliphatic rings. The summed E-state index contributed by atoms with van der Waals surface area (Å²) in [4.78, 5) is 8.95. The standard InChI is InChI=1S/C7H3F3N3/c8-7(9,10)6-12-4-1-2-11-3-5(4)13-6/h1-2H,(H,12,13). The van der Waals surface area contributed by atoms with Gasteiger partial charge in [-0.2, -0.15) is 13.2 Å². The van der Waals surface area contributed by atoms with E-state index in [0.29, 0.717) is 0 Å². The number of rotatable bonds is 0. The summed E-state index contributed by atoms with van der Waals surface area (Å²) < 4.78 is 36.3. The summed E-state index contributed by atoms with van der Waals surface area (Å²) in [5, 5.41) is 0. The largest absolute Gasteiger partial charge is 0.449 e. The molecule has 0 bridgehead atoms. The van der Waals surface area contributed by atoms with Gasteiger partial charge in [-0.15, -0.1) is 0 Å². The molecule has 2 rings (SSSR count). The molecule has 13 heavy (non-hydrogen) atoms. The highest BCUT2D eigenvalue weighted by Crippen LogP contribution is 2.27. The van der Waals surface area contributed by atoms with Crippen LogP contribution in [0.5, 0.6) is 0 Å². The highest BCUT2D eigenvalue weighted by molar-refractivity contribution is 5.72. The third kappa shape index (κ3) is 1.34. The first kappa shape index (κ1) is 8.03. The van der Waals surface area contributed by atoms with Crippen molar-refractivity contribution >= 4 is 11.0 Å². The Balaban J connectivity index is 2.63. The Morgan fingerprint density at radius 3 is 2.77 bits per heavy atom. The predicted octanol–water partition coefficient (Wildman–Crippen LogP) is 1.78. The minimum Gasteiger partial charge on any atom is -0.334 e. The fraction of sp³-hybridized carbons (Fsp3) is 0.143. The first-order chi connectivity index (χ1) is 6.07. The fourth-order valence-corrected chi connectivity index (χ4v) is 0.937. The molecule has 0 fully saturated rings. The summed E-state index contributed by atoms with van der Waals surface area (Å²) in [5.41, 5.74) is 0.372. The molecule has 0 saturated heterocycles. The van der Waals surface area contributed by atoms with Crippen LogP contribution in [0.3, 0.4) is 0 Å². The number of hydrogen-bond donors (Lipinski definition) is 1. The van der Waals surface area contributed by atoms with Crippen molar-refractivity contribution in [2.75, 3.05) is 0 Å². The van der Waals surface area contributed by atoms with Crippen LogP contribution < -0.4 is 0 Å². The molecule has 0 spiro atoms. The summed E-state index contributed by atoms with van der Waals surface area (Å²) in [7, 11) is 0. The van der Waals surface area contributed by atoms with E-state index in [9.17, 15) is 13.2 Å². The van der Waals surface area contributed by atoms with Gasteiger partial charge in [0.05, 0.1) is 5.52 Å². The zero-order chi connectivity index (χ0) is 9.47. The van der Waals surface area contributed by atoms with E-state index in [4.69, 9.17) is 0 Å². The van der Waals surface area contributed by atoms with Crippen LogP contribution in [0.2, 0.25) is 0 Å². The van der Waals surface area contributed by atoms with Crippen LogP contribution in [-0.2, 0) is 6.18 Å². The van der Waals surface area contributed by atoms with Crippen molar-refractivity contribution in [3.63, 3.8) is 0 Å². The van der Waals surface area contributed by atoms with Crippen molar-refractivity contribution in [1.29, 1.82) is 0 Å². The number of aromatic amines is 1. The van der Waals surface area contributed by atoms with Gasteiger partial charge in [0, 0.05) is 6.20 Å². The van der Waals surface area contributed by atoms with Crippen molar-refractivity contribution < 1.29 is 13.2 Å². The maximum absolute atomic E-state index is 12.1. The van der Waals surface area contributed by atoms with Gasteiger partial charge in [0.15, 0.2) is 0 Å². The number of aromatic nitrogens is 3. The normalized spacial score (nSPS) is 12.2. The lowest BCUT2D eigenvalue weighted by atomic mass is 10.4. The van der Waals surface area contributed by atoms with Gasteiger partial charge in [-0.1, -0.05) is 0 Å². The van der Waals surface area contributed by atoms with Crippen LogP contribution in [-0.4, -0.2) is 15.0 Å². The zero-order valence-electron chi connectivity index (χ0n) is 6.18. The SMILES string of the molecule is FC(F)(F)c1nc2[c]nccc2[nH]1. The monoisotopic (exact) mass is 186 g/mol. The highest BCUT2D eigenvalue weighted by Gasteiger charge is 2.34. The average molecular weight is 186 g/mol. The summed E-state index contributed by atoms with van der Waals surface area (Å²) in [5.74, 6) is -1.02.